The number of rotatable bonds is 2. The first-order chi connectivity index (χ1) is 10.1. The van der Waals surface area contributed by atoms with Gasteiger partial charge in [-0.3, -0.25) is 14.6 Å². The van der Waals surface area contributed by atoms with Crippen molar-refractivity contribution in [1.29, 1.82) is 0 Å². The Labute approximate surface area is 122 Å². The summed E-state index contributed by atoms with van der Waals surface area (Å²) in [6, 6.07) is 9.44. The van der Waals surface area contributed by atoms with Gasteiger partial charge in [0.15, 0.2) is 0 Å². The van der Waals surface area contributed by atoms with Gasteiger partial charge in [0.2, 0.25) is 0 Å². The average Bonchev–Trinajstić information content (AvgIpc) is 2.88. The van der Waals surface area contributed by atoms with Crippen LogP contribution in [0.4, 0.5) is 0 Å². The van der Waals surface area contributed by atoms with E-state index in [-0.39, 0.29) is 18.4 Å². The van der Waals surface area contributed by atoms with E-state index in [0.717, 1.165) is 10.8 Å². The minimum atomic E-state index is -0.844. The first kappa shape index (κ1) is 13.5. The van der Waals surface area contributed by atoms with Gasteiger partial charge >= 0.3 is 5.97 Å². The summed E-state index contributed by atoms with van der Waals surface area (Å²) < 4.78 is 0. The molecule has 2 heterocycles. The molecular weight excluding hydrogens is 268 g/mol. The Morgan fingerprint density at radius 2 is 2.00 bits per heavy atom. The van der Waals surface area contributed by atoms with Crippen LogP contribution in [-0.4, -0.2) is 40.0 Å². The van der Waals surface area contributed by atoms with E-state index in [1.54, 1.807) is 11.1 Å². The third kappa shape index (κ3) is 2.35. The van der Waals surface area contributed by atoms with E-state index in [4.69, 9.17) is 0 Å². The molecule has 0 bridgehead atoms. The fraction of sp³-hybridized carbons (Fsp3) is 0.312. The topological polar surface area (TPSA) is 70.5 Å². The number of benzene rings is 1. The van der Waals surface area contributed by atoms with Crippen molar-refractivity contribution in [3.63, 3.8) is 0 Å². The smallest absolute Gasteiger partial charge is 0.308 e. The minimum absolute atomic E-state index is 0.0403. The second-order valence-corrected chi connectivity index (χ2v) is 5.51. The molecule has 1 amide bonds. The number of carboxylic acid groups (broad SMARTS) is 1. The maximum Gasteiger partial charge on any atom is 0.308 e. The number of aromatic nitrogens is 1. The van der Waals surface area contributed by atoms with Crippen molar-refractivity contribution in [2.24, 2.45) is 11.8 Å². The highest BCUT2D eigenvalue weighted by molar-refractivity contribution is 6.05. The Hall–Kier alpha value is -2.43. The summed E-state index contributed by atoms with van der Waals surface area (Å²) in [7, 11) is 0. The number of carboxylic acids is 1. The third-order valence-electron chi connectivity index (χ3n) is 4.09. The van der Waals surface area contributed by atoms with Gasteiger partial charge in [0.25, 0.3) is 5.91 Å². The number of aliphatic carboxylic acids is 1. The van der Waals surface area contributed by atoms with Crippen LogP contribution in [0.5, 0.6) is 0 Å². The fourth-order valence-corrected chi connectivity index (χ4v) is 2.89. The Morgan fingerprint density at radius 3 is 2.71 bits per heavy atom. The zero-order valence-electron chi connectivity index (χ0n) is 11.7. The number of hydrogen-bond donors (Lipinski definition) is 1. The van der Waals surface area contributed by atoms with Gasteiger partial charge in [-0.15, -0.1) is 0 Å². The summed E-state index contributed by atoms with van der Waals surface area (Å²) in [6.45, 7) is 2.57. The highest BCUT2D eigenvalue weighted by Gasteiger charge is 2.37. The number of likely N-dealkylation sites (tertiary alicyclic amines) is 1. The molecule has 108 valence electrons. The van der Waals surface area contributed by atoms with Crippen molar-refractivity contribution >= 4 is 22.6 Å². The molecule has 1 aromatic heterocycles. The Kier molecular flexibility index (Phi) is 3.33. The van der Waals surface area contributed by atoms with Gasteiger partial charge in [0.05, 0.1) is 5.92 Å². The van der Waals surface area contributed by atoms with E-state index in [2.05, 4.69) is 4.98 Å². The second-order valence-electron chi connectivity index (χ2n) is 5.51. The van der Waals surface area contributed by atoms with Crippen molar-refractivity contribution in [1.82, 2.24) is 9.88 Å². The Morgan fingerprint density at radius 1 is 1.24 bits per heavy atom. The summed E-state index contributed by atoms with van der Waals surface area (Å²) in [6.07, 6.45) is 1.61. The molecule has 1 N–H and O–H groups in total. The Balaban J connectivity index is 1.93. The molecule has 5 heteroatoms. The van der Waals surface area contributed by atoms with E-state index in [9.17, 15) is 14.7 Å². The third-order valence-corrected chi connectivity index (χ3v) is 4.09. The van der Waals surface area contributed by atoms with Crippen LogP contribution < -0.4 is 0 Å². The van der Waals surface area contributed by atoms with Crippen LogP contribution in [0.2, 0.25) is 0 Å². The maximum atomic E-state index is 12.6. The molecule has 1 saturated heterocycles. The van der Waals surface area contributed by atoms with Gasteiger partial charge in [-0.05, 0) is 17.4 Å². The van der Waals surface area contributed by atoms with Gasteiger partial charge in [-0.1, -0.05) is 31.2 Å². The number of fused-ring (bicyclic) bond motifs is 1. The van der Waals surface area contributed by atoms with Crippen LogP contribution in [0.1, 0.15) is 17.4 Å². The molecule has 0 radical (unpaired) electrons. The zero-order chi connectivity index (χ0) is 15.0. The molecule has 0 unspecified atom stereocenters. The summed E-state index contributed by atoms with van der Waals surface area (Å²) in [5.41, 5.74) is 0.395. The van der Waals surface area contributed by atoms with Gasteiger partial charge in [0.1, 0.15) is 5.69 Å². The van der Waals surface area contributed by atoms with Crippen molar-refractivity contribution in [2.45, 2.75) is 6.92 Å². The average molecular weight is 284 g/mol. The molecule has 1 aliphatic rings. The van der Waals surface area contributed by atoms with E-state index < -0.39 is 11.9 Å². The molecular formula is C16H16N2O3. The summed E-state index contributed by atoms with van der Waals surface area (Å²) in [5, 5.41) is 10.9. The molecule has 1 aromatic carbocycles. The van der Waals surface area contributed by atoms with E-state index >= 15 is 0 Å². The zero-order valence-corrected chi connectivity index (χ0v) is 11.7. The van der Waals surface area contributed by atoms with Crippen molar-refractivity contribution in [3.8, 4) is 0 Å². The van der Waals surface area contributed by atoms with Gasteiger partial charge in [-0.2, -0.15) is 0 Å². The molecule has 5 nitrogen and oxygen atoms in total. The van der Waals surface area contributed by atoms with Gasteiger partial charge < -0.3 is 10.0 Å². The molecule has 21 heavy (non-hydrogen) atoms. The van der Waals surface area contributed by atoms with E-state index in [1.165, 1.54) is 0 Å². The molecule has 0 aliphatic carbocycles. The molecule has 1 aliphatic heterocycles. The highest BCUT2D eigenvalue weighted by Crippen LogP contribution is 2.26. The first-order valence-electron chi connectivity index (χ1n) is 6.93. The van der Waals surface area contributed by atoms with Crippen LogP contribution in [-0.2, 0) is 4.79 Å². The van der Waals surface area contributed by atoms with Gasteiger partial charge in [0, 0.05) is 24.7 Å². The predicted molar refractivity (Wildman–Crippen MR) is 77.9 cm³/mol. The SMILES string of the molecule is C[C@@H]1CN(C(=O)c2nccc3ccccc23)C[C@H]1C(=O)O. The molecule has 3 rings (SSSR count). The minimum Gasteiger partial charge on any atom is -0.481 e. The lowest BCUT2D eigenvalue weighted by molar-refractivity contribution is -0.142. The van der Waals surface area contributed by atoms with Crippen LogP contribution in [0.3, 0.4) is 0 Å². The normalized spacial score (nSPS) is 21.7. The largest absolute Gasteiger partial charge is 0.481 e. The number of nitrogens with zero attached hydrogens (tertiary/aromatic N) is 2. The summed E-state index contributed by atoms with van der Waals surface area (Å²) >= 11 is 0. The van der Waals surface area contributed by atoms with Crippen molar-refractivity contribution < 1.29 is 14.7 Å². The lowest BCUT2D eigenvalue weighted by Gasteiger charge is -2.16. The van der Waals surface area contributed by atoms with E-state index in [0.29, 0.717) is 12.2 Å². The summed E-state index contributed by atoms with van der Waals surface area (Å²) in [5.74, 6) is -1.57. The molecule has 0 spiro atoms. The molecule has 2 atom stereocenters. The Bertz CT molecular complexity index is 708. The number of carbonyl (C=O) groups is 2. The monoisotopic (exact) mass is 284 g/mol. The number of pyridine rings is 1. The first-order valence-corrected chi connectivity index (χ1v) is 6.93. The number of amides is 1. The van der Waals surface area contributed by atoms with Crippen LogP contribution in [0.15, 0.2) is 36.5 Å². The fourth-order valence-electron chi connectivity index (χ4n) is 2.89. The standard InChI is InChI=1S/C16H16N2O3/c1-10-8-18(9-13(10)16(20)21)15(19)14-12-5-3-2-4-11(12)6-7-17-14/h2-7,10,13H,8-9H2,1H3,(H,20,21)/t10-,13-/m1/s1. The van der Waals surface area contributed by atoms with Crippen LogP contribution >= 0.6 is 0 Å². The van der Waals surface area contributed by atoms with Crippen LogP contribution in [0.25, 0.3) is 10.8 Å². The maximum absolute atomic E-state index is 12.6. The van der Waals surface area contributed by atoms with Crippen LogP contribution in [0, 0.1) is 11.8 Å². The van der Waals surface area contributed by atoms with Crippen molar-refractivity contribution in [2.75, 3.05) is 13.1 Å². The number of hydrogen-bond acceptors (Lipinski definition) is 3. The number of carbonyl (C=O) groups excluding carboxylic acids is 1. The summed E-state index contributed by atoms with van der Waals surface area (Å²) in [4.78, 5) is 29.6. The lowest BCUT2D eigenvalue weighted by atomic mass is 9.99. The molecule has 2 aromatic rings. The quantitative estimate of drug-likeness (QED) is 0.916. The molecule has 1 fully saturated rings. The molecule has 0 saturated carbocycles. The van der Waals surface area contributed by atoms with Crippen molar-refractivity contribution in [3.05, 3.63) is 42.2 Å². The second kappa shape index (κ2) is 5.16. The lowest BCUT2D eigenvalue weighted by Crippen LogP contribution is -2.30. The van der Waals surface area contributed by atoms with Gasteiger partial charge in [-0.25, -0.2) is 0 Å². The van der Waals surface area contributed by atoms with E-state index in [1.807, 2.05) is 37.3 Å². The highest BCUT2D eigenvalue weighted by atomic mass is 16.4. The predicted octanol–water partition coefficient (Wildman–Crippen LogP) is 2.03.